The summed E-state index contributed by atoms with van der Waals surface area (Å²) in [7, 11) is 0. The smallest absolute Gasteiger partial charge is 0.432 e. The number of halogens is 2. The Morgan fingerprint density at radius 3 is 2.70 bits per heavy atom. The van der Waals surface area contributed by atoms with Gasteiger partial charge in [-0.3, -0.25) is 0 Å². The van der Waals surface area contributed by atoms with Crippen LogP contribution in [-0.4, -0.2) is 33.1 Å². The second-order valence-corrected chi connectivity index (χ2v) is 8.21. The molecule has 0 aliphatic carbocycles. The molecule has 0 spiro atoms. The van der Waals surface area contributed by atoms with Crippen molar-refractivity contribution in [1.29, 1.82) is 0 Å². The molecule has 10 heteroatoms. The molecule has 0 radical (unpaired) electrons. The minimum absolute atomic E-state index is 0.0307. The van der Waals surface area contributed by atoms with Gasteiger partial charge in [-0.2, -0.15) is 15.2 Å². The molecular formula is C23H22ClFN4O3S. The van der Waals surface area contributed by atoms with Crippen LogP contribution in [0.2, 0.25) is 5.02 Å². The highest BCUT2D eigenvalue weighted by Crippen LogP contribution is 2.33. The zero-order chi connectivity index (χ0) is 24.0. The summed E-state index contributed by atoms with van der Waals surface area (Å²) in [6.45, 7) is 5.83. The highest BCUT2D eigenvalue weighted by molar-refractivity contribution is 8.11. The van der Waals surface area contributed by atoms with Crippen molar-refractivity contribution in [2.75, 3.05) is 6.26 Å². The number of rotatable bonds is 7. The Hall–Kier alpha value is -3.17. The van der Waals surface area contributed by atoms with Gasteiger partial charge in [-0.15, -0.1) is 16.9 Å². The summed E-state index contributed by atoms with van der Waals surface area (Å²) in [5.74, 6) is -1.15. The number of nitrogens with zero attached hydrogens (tertiary/aromatic N) is 4. The normalized spacial score (nSPS) is 11.0. The molecule has 2 aromatic carbocycles. The molecular weight excluding hydrogens is 467 g/mol. The van der Waals surface area contributed by atoms with E-state index in [1.807, 2.05) is 38.3 Å². The number of carbonyl (C=O) groups is 1. The van der Waals surface area contributed by atoms with E-state index in [1.165, 1.54) is 46.6 Å². The van der Waals surface area contributed by atoms with Crippen LogP contribution in [0.25, 0.3) is 0 Å². The molecule has 0 N–H and O–H groups in total. The topological polar surface area (TPSA) is 76.9 Å². The first kappa shape index (κ1) is 24.5. The lowest BCUT2D eigenvalue weighted by atomic mass is 10.1. The summed E-state index contributed by atoms with van der Waals surface area (Å²) in [4.78, 5) is 13.0. The van der Waals surface area contributed by atoms with Gasteiger partial charge in [0.1, 0.15) is 0 Å². The Morgan fingerprint density at radius 2 is 1.97 bits per heavy atom. The molecule has 3 aromatic rings. The Bertz CT molecular complexity index is 1190. The maximum absolute atomic E-state index is 14.3. The fourth-order valence-electron chi connectivity index (χ4n) is 2.85. The monoisotopic (exact) mass is 488 g/mol. The van der Waals surface area contributed by atoms with Gasteiger partial charge < -0.3 is 9.47 Å². The third-order valence-electron chi connectivity index (χ3n) is 4.49. The van der Waals surface area contributed by atoms with Crippen LogP contribution in [0.1, 0.15) is 22.4 Å². The largest absolute Gasteiger partial charge is 0.436 e. The molecule has 3 rings (SSSR count). The summed E-state index contributed by atoms with van der Waals surface area (Å²) >= 11 is 7.16. The van der Waals surface area contributed by atoms with Gasteiger partial charge in [-0.05, 0) is 50.3 Å². The first-order valence-electron chi connectivity index (χ1n) is 9.85. The molecule has 33 heavy (non-hydrogen) atoms. The van der Waals surface area contributed by atoms with E-state index in [1.54, 1.807) is 6.92 Å². The summed E-state index contributed by atoms with van der Waals surface area (Å²) in [6.07, 6.45) is 1.07. The van der Waals surface area contributed by atoms with Crippen molar-refractivity contribution in [3.8, 4) is 17.4 Å². The standard InChI is InChI=1S/C23H22ClFN4O3S/c1-14-8-9-17(15(2)10-14)12-29(26-13-33-4)23(30)32-20-11-16(3)27-28-22(20)31-19-7-5-6-18(24)21(19)25/h5-11,13H,12H2,1-4H3. The molecule has 7 nitrogen and oxygen atoms in total. The number of benzene rings is 2. The van der Waals surface area contributed by atoms with E-state index >= 15 is 0 Å². The molecule has 0 fully saturated rings. The lowest BCUT2D eigenvalue weighted by Gasteiger charge is -2.19. The van der Waals surface area contributed by atoms with Crippen molar-refractivity contribution in [2.45, 2.75) is 27.3 Å². The van der Waals surface area contributed by atoms with Gasteiger partial charge in [-0.1, -0.05) is 41.4 Å². The number of ether oxygens (including phenoxy) is 2. The Balaban J connectivity index is 1.87. The Kier molecular flexibility index (Phi) is 8.24. The van der Waals surface area contributed by atoms with Crippen LogP contribution >= 0.6 is 23.4 Å². The van der Waals surface area contributed by atoms with Crippen LogP contribution in [0, 0.1) is 26.6 Å². The van der Waals surface area contributed by atoms with E-state index in [0.717, 1.165) is 16.7 Å². The molecule has 0 unspecified atom stereocenters. The third-order valence-corrected chi connectivity index (χ3v) is 5.09. The van der Waals surface area contributed by atoms with Crippen molar-refractivity contribution in [2.24, 2.45) is 5.10 Å². The maximum atomic E-state index is 14.3. The van der Waals surface area contributed by atoms with Gasteiger partial charge in [0.05, 0.1) is 22.8 Å². The summed E-state index contributed by atoms with van der Waals surface area (Å²) in [5, 5.41) is 13.1. The average Bonchev–Trinajstić information content (AvgIpc) is 2.77. The third kappa shape index (κ3) is 6.43. The van der Waals surface area contributed by atoms with E-state index in [9.17, 15) is 9.18 Å². The van der Waals surface area contributed by atoms with Crippen LogP contribution in [0.15, 0.2) is 47.6 Å². The van der Waals surface area contributed by atoms with Gasteiger partial charge in [0.2, 0.25) is 0 Å². The Labute approximate surface area is 200 Å². The summed E-state index contributed by atoms with van der Waals surface area (Å²) in [5.41, 5.74) is 5.06. The second kappa shape index (κ2) is 11.1. The number of aryl methyl sites for hydroxylation is 3. The van der Waals surface area contributed by atoms with Crippen molar-refractivity contribution in [3.05, 3.63) is 75.7 Å². The lowest BCUT2D eigenvalue weighted by molar-refractivity contribution is 0.150. The van der Waals surface area contributed by atoms with Gasteiger partial charge in [0, 0.05) is 6.07 Å². The number of hydrogen-bond acceptors (Lipinski definition) is 7. The molecule has 0 saturated carbocycles. The van der Waals surface area contributed by atoms with E-state index in [2.05, 4.69) is 15.3 Å². The van der Waals surface area contributed by atoms with Gasteiger partial charge >= 0.3 is 6.09 Å². The van der Waals surface area contributed by atoms with Gasteiger partial charge in [0.25, 0.3) is 5.88 Å². The highest BCUT2D eigenvalue weighted by atomic mass is 35.5. The number of aromatic nitrogens is 2. The van der Waals surface area contributed by atoms with Crippen molar-refractivity contribution < 1.29 is 18.7 Å². The van der Waals surface area contributed by atoms with E-state index < -0.39 is 11.9 Å². The molecule has 1 heterocycles. The van der Waals surface area contributed by atoms with E-state index in [0.29, 0.717) is 5.69 Å². The molecule has 0 saturated heterocycles. The zero-order valence-corrected chi connectivity index (χ0v) is 20.1. The number of hydrogen-bond donors (Lipinski definition) is 0. The fourth-order valence-corrected chi connectivity index (χ4v) is 3.23. The average molecular weight is 489 g/mol. The molecule has 0 aliphatic heterocycles. The predicted octanol–water partition coefficient (Wildman–Crippen LogP) is 6.29. The molecule has 0 atom stereocenters. The van der Waals surface area contributed by atoms with Crippen molar-refractivity contribution in [3.63, 3.8) is 0 Å². The summed E-state index contributed by atoms with van der Waals surface area (Å²) in [6, 6.07) is 11.7. The molecule has 0 bridgehead atoms. The minimum Gasteiger partial charge on any atom is -0.432 e. The van der Waals surface area contributed by atoms with E-state index in [4.69, 9.17) is 21.1 Å². The van der Waals surface area contributed by atoms with Crippen molar-refractivity contribution >= 4 is 35.0 Å². The molecule has 1 amide bonds. The maximum Gasteiger partial charge on any atom is 0.436 e. The number of carbonyl (C=O) groups excluding carboxylic acids is 1. The first-order valence-corrected chi connectivity index (χ1v) is 11.5. The fraction of sp³-hybridized carbons (Fsp3) is 0.217. The van der Waals surface area contributed by atoms with E-state index in [-0.39, 0.29) is 28.9 Å². The quantitative estimate of drug-likeness (QED) is 0.221. The second-order valence-electron chi connectivity index (χ2n) is 7.12. The molecule has 1 aromatic heterocycles. The van der Waals surface area contributed by atoms with Gasteiger partial charge in [0.15, 0.2) is 17.3 Å². The minimum atomic E-state index is -0.764. The van der Waals surface area contributed by atoms with Crippen LogP contribution in [0.5, 0.6) is 17.4 Å². The molecule has 172 valence electrons. The van der Waals surface area contributed by atoms with Crippen LogP contribution in [-0.2, 0) is 6.54 Å². The SMILES string of the molecule is CSC=NN(Cc1ccc(C)cc1C)C(=O)Oc1cc(C)nnc1Oc1cccc(Cl)c1F. The van der Waals surface area contributed by atoms with Gasteiger partial charge in [-0.25, -0.2) is 9.18 Å². The zero-order valence-electron chi connectivity index (χ0n) is 18.5. The first-order chi connectivity index (χ1) is 15.8. The predicted molar refractivity (Wildman–Crippen MR) is 128 cm³/mol. The number of thioether (sulfide) groups is 1. The van der Waals surface area contributed by atoms with Crippen LogP contribution in [0.3, 0.4) is 0 Å². The lowest BCUT2D eigenvalue weighted by Crippen LogP contribution is -2.29. The van der Waals surface area contributed by atoms with Crippen LogP contribution < -0.4 is 9.47 Å². The highest BCUT2D eigenvalue weighted by Gasteiger charge is 2.21. The summed E-state index contributed by atoms with van der Waals surface area (Å²) < 4.78 is 25.4. The number of amides is 1. The van der Waals surface area contributed by atoms with Crippen molar-refractivity contribution in [1.82, 2.24) is 15.2 Å². The molecule has 0 aliphatic rings. The van der Waals surface area contributed by atoms with Crippen LogP contribution in [0.4, 0.5) is 9.18 Å². The Morgan fingerprint density at radius 1 is 1.18 bits per heavy atom. The number of hydrazone groups is 1.